The van der Waals surface area contributed by atoms with Crippen LogP contribution in [0.3, 0.4) is 0 Å². The van der Waals surface area contributed by atoms with Crippen molar-refractivity contribution in [3.8, 4) is 5.75 Å². The van der Waals surface area contributed by atoms with Gasteiger partial charge in [-0.15, -0.1) is 11.8 Å². The number of aliphatic hydroxyl groups is 1. The van der Waals surface area contributed by atoms with Crippen LogP contribution in [0, 0.1) is 5.92 Å². The third kappa shape index (κ3) is 5.32. The minimum absolute atomic E-state index is 0.0320. The van der Waals surface area contributed by atoms with Crippen molar-refractivity contribution in [1.29, 1.82) is 0 Å². The van der Waals surface area contributed by atoms with E-state index in [9.17, 15) is 14.7 Å². The van der Waals surface area contributed by atoms with Crippen molar-refractivity contribution in [3.63, 3.8) is 0 Å². The quantitative estimate of drug-likeness (QED) is 0.418. The van der Waals surface area contributed by atoms with Crippen LogP contribution < -0.4 is 20.9 Å². The summed E-state index contributed by atoms with van der Waals surface area (Å²) in [6, 6.07) is 9.02. The molecule has 0 aromatic carbocycles. The van der Waals surface area contributed by atoms with E-state index < -0.39 is 6.10 Å². The zero-order valence-corrected chi connectivity index (χ0v) is 20.3. The van der Waals surface area contributed by atoms with Gasteiger partial charge in [-0.3, -0.25) is 19.5 Å². The maximum atomic E-state index is 12.5. The summed E-state index contributed by atoms with van der Waals surface area (Å²) in [7, 11) is 1.58. The highest BCUT2D eigenvalue weighted by Crippen LogP contribution is 2.29. The number of amides is 1. The van der Waals surface area contributed by atoms with Gasteiger partial charge in [-0.1, -0.05) is 0 Å². The number of hydrogen-bond donors (Lipinski definition) is 3. The lowest BCUT2D eigenvalue weighted by molar-refractivity contribution is -0.113. The first-order valence-electron chi connectivity index (χ1n) is 11.6. The number of carbonyl (C=O) groups is 1. The normalized spacial score (nSPS) is 20.1. The van der Waals surface area contributed by atoms with Crippen LogP contribution in [0.15, 0.2) is 46.2 Å². The van der Waals surface area contributed by atoms with Gasteiger partial charge in [-0.2, -0.15) is 0 Å². The molecule has 2 aliphatic heterocycles. The second-order valence-electron chi connectivity index (χ2n) is 8.81. The molecule has 1 unspecified atom stereocenters. The van der Waals surface area contributed by atoms with Gasteiger partial charge in [0.25, 0.3) is 5.56 Å². The molecule has 1 saturated heterocycles. The van der Waals surface area contributed by atoms with Crippen molar-refractivity contribution in [1.82, 2.24) is 24.8 Å². The summed E-state index contributed by atoms with van der Waals surface area (Å²) in [4.78, 5) is 36.2. The molecule has 0 radical (unpaired) electrons. The van der Waals surface area contributed by atoms with Crippen LogP contribution in [0.25, 0.3) is 11.0 Å². The molecule has 3 aromatic heterocycles. The van der Waals surface area contributed by atoms with Crippen LogP contribution in [0.2, 0.25) is 0 Å². The molecule has 0 bridgehead atoms. The average molecular weight is 497 g/mol. The number of aliphatic hydroxyl groups excluding tert-OH is 1. The summed E-state index contributed by atoms with van der Waals surface area (Å²) < 4.78 is 6.98. The van der Waals surface area contributed by atoms with Crippen LogP contribution in [-0.2, 0) is 17.9 Å². The average Bonchev–Trinajstić information content (AvgIpc) is 3.21. The monoisotopic (exact) mass is 496 g/mol. The van der Waals surface area contributed by atoms with Crippen molar-refractivity contribution >= 4 is 34.5 Å². The second kappa shape index (κ2) is 10.3. The summed E-state index contributed by atoms with van der Waals surface area (Å²) in [5.41, 5.74) is 2.23. The summed E-state index contributed by atoms with van der Waals surface area (Å²) in [6.45, 7) is 3.64. The lowest BCUT2D eigenvalue weighted by atomic mass is 10.1. The van der Waals surface area contributed by atoms with Crippen molar-refractivity contribution in [2.45, 2.75) is 24.1 Å². The van der Waals surface area contributed by atoms with Crippen molar-refractivity contribution < 1.29 is 14.6 Å². The fraction of sp³-hybridized carbons (Fsp3) is 0.417. The number of anilines is 1. The van der Waals surface area contributed by atoms with E-state index in [1.54, 1.807) is 23.9 Å². The Hall–Kier alpha value is -2.99. The van der Waals surface area contributed by atoms with E-state index in [4.69, 9.17) is 4.74 Å². The third-order valence-corrected chi connectivity index (χ3v) is 7.46. The molecule has 1 amide bonds. The number of nitrogens with one attached hydrogen (secondary N) is 2. The molecule has 35 heavy (non-hydrogen) atoms. The largest absolute Gasteiger partial charge is 0.495 e. The van der Waals surface area contributed by atoms with E-state index in [-0.39, 0.29) is 17.4 Å². The zero-order valence-electron chi connectivity index (χ0n) is 19.4. The molecule has 0 saturated carbocycles. The number of rotatable bonds is 8. The standard InChI is InChI=1S/C24H28N6O4S/c1-34-17-8-19-18(26-11-17)3-5-23(33)30(19)7-6-29-12-15(20(31)13-29)9-25-10-16-2-4-21-24(27-16)28-22(32)14-35-21/h2-5,8,11,15,20,25,31H,6-7,9-10,12-14H2,1H3,(H,27,28,32)/t15-,20?/m1/s1. The number of pyridine rings is 3. The summed E-state index contributed by atoms with van der Waals surface area (Å²) in [6.07, 6.45) is 1.20. The maximum Gasteiger partial charge on any atom is 0.251 e. The van der Waals surface area contributed by atoms with Gasteiger partial charge in [0, 0.05) is 57.3 Å². The Morgan fingerprint density at radius 2 is 2.11 bits per heavy atom. The molecule has 0 aliphatic carbocycles. The Balaban J connectivity index is 1.16. The lowest BCUT2D eigenvalue weighted by Gasteiger charge is -2.18. The predicted octanol–water partition coefficient (Wildman–Crippen LogP) is 0.927. The zero-order chi connectivity index (χ0) is 24.4. The molecule has 2 aliphatic rings. The third-order valence-electron chi connectivity index (χ3n) is 6.42. The van der Waals surface area contributed by atoms with E-state index in [1.807, 2.05) is 18.2 Å². The fourth-order valence-corrected chi connectivity index (χ4v) is 5.30. The number of ether oxygens (including phenoxy) is 1. The van der Waals surface area contributed by atoms with Gasteiger partial charge in [0.15, 0.2) is 0 Å². The van der Waals surface area contributed by atoms with Crippen molar-refractivity contribution in [3.05, 3.63) is 52.6 Å². The molecule has 11 heteroatoms. The number of hydrogen-bond acceptors (Lipinski definition) is 9. The molecule has 0 spiro atoms. The molecule has 2 atom stereocenters. The molecule has 10 nitrogen and oxygen atoms in total. The molecule has 3 N–H and O–H groups in total. The number of aromatic nitrogens is 3. The number of fused-ring (bicyclic) bond motifs is 2. The molecular weight excluding hydrogens is 468 g/mol. The van der Waals surface area contributed by atoms with Gasteiger partial charge in [0.05, 0.1) is 46.8 Å². The molecule has 3 aromatic rings. The highest BCUT2D eigenvalue weighted by molar-refractivity contribution is 8.00. The second-order valence-corrected chi connectivity index (χ2v) is 9.82. The highest BCUT2D eigenvalue weighted by atomic mass is 32.2. The van der Waals surface area contributed by atoms with Gasteiger partial charge in [-0.25, -0.2) is 4.98 Å². The van der Waals surface area contributed by atoms with Gasteiger partial charge in [0.1, 0.15) is 11.6 Å². The molecule has 5 heterocycles. The number of methoxy groups -OCH3 is 1. The van der Waals surface area contributed by atoms with Crippen LogP contribution in [0.4, 0.5) is 5.82 Å². The topological polar surface area (TPSA) is 122 Å². The van der Waals surface area contributed by atoms with E-state index in [1.165, 1.54) is 17.8 Å². The molecular formula is C24H28N6O4S. The molecule has 184 valence electrons. The summed E-state index contributed by atoms with van der Waals surface area (Å²) >= 11 is 1.49. The van der Waals surface area contributed by atoms with E-state index >= 15 is 0 Å². The van der Waals surface area contributed by atoms with Crippen molar-refractivity contribution in [2.75, 3.05) is 44.4 Å². The van der Waals surface area contributed by atoms with E-state index in [0.717, 1.165) is 28.2 Å². The van der Waals surface area contributed by atoms with Crippen LogP contribution in [0.1, 0.15) is 5.69 Å². The maximum absolute atomic E-state index is 12.5. The number of nitrogens with zero attached hydrogens (tertiary/aromatic N) is 4. The van der Waals surface area contributed by atoms with E-state index in [2.05, 4.69) is 25.5 Å². The van der Waals surface area contributed by atoms with Gasteiger partial charge in [-0.05, 0) is 18.2 Å². The Morgan fingerprint density at radius 3 is 2.97 bits per heavy atom. The predicted molar refractivity (Wildman–Crippen MR) is 134 cm³/mol. The molecule has 5 rings (SSSR count). The smallest absolute Gasteiger partial charge is 0.251 e. The lowest BCUT2D eigenvalue weighted by Crippen LogP contribution is -2.31. The Labute approximate surface area is 206 Å². The highest BCUT2D eigenvalue weighted by Gasteiger charge is 2.30. The Kier molecular flexibility index (Phi) is 7.00. The van der Waals surface area contributed by atoms with Gasteiger partial charge < -0.3 is 25.0 Å². The first kappa shape index (κ1) is 23.7. The number of likely N-dealkylation sites (tertiary alicyclic amines) is 1. The minimum atomic E-state index is -0.444. The number of β-amino-alcohol motifs (C(OH)–C–C–N with tert-alkyl or cyclic N) is 1. The Bertz CT molecular complexity index is 1300. The summed E-state index contributed by atoms with van der Waals surface area (Å²) in [5.74, 6) is 1.69. The number of thioether (sulfide) groups is 1. The minimum Gasteiger partial charge on any atom is -0.495 e. The first-order valence-corrected chi connectivity index (χ1v) is 12.6. The van der Waals surface area contributed by atoms with Crippen LogP contribution in [-0.4, -0.2) is 75.6 Å². The Morgan fingerprint density at radius 1 is 1.23 bits per heavy atom. The number of carbonyl (C=O) groups excluding carboxylic acids is 1. The van der Waals surface area contributed by atoms with Crippen molar-refractivity contribution in [2.24, 2.45) is 5.92 Å². The van der Waals surface area contributed by atoms with Crippen LogP contribution >= 0.6 is 11.8 Å². The van der Waals surface area contributed by atoms with Crippen LogP contribution in [0.5, 0.6) is 5.75 Å². The van der Waals surface area contributed by atoms with Gasteiger partial charge >= 0.3 is 0 Å². The fourth-order valence-electron chi connectivity index (χ4n) is 4.55. The molecule has 1 fully saturated rings. The van der Waals surface area contributed by atoms with Gasteiger partial charge in [0.2, 0.25) is 5.91 Å². The first-order chi connectivity index (χ1) is 17.0. The SMILES string of the molecule is COc1cnc2ccc(=O)n(CCN3CC(O)[C@H](CNCc4ccc5c(n4)NC(=O)CS5)C3)c2c1. The van der Waals surface area contributed by atoms with E-state index in [0.29, 0.717) is 50.0 Å². The summed E-state index contributed by atoms with van der Waals surface area (Å²) in [5, 5.41) is 16.8.